The van der Waals surface area contributed by atoms with E-state index in [1.54, 1.807) is 62.8 Å². The minimum atomic E-state index is -3.98. The van der Waals surface area contributed by atoms with E-state index in [-0.39, 0.29) is 17.5 Å². The van der Waals surface area contributed by atoms with E-state index in [1.165, 1.54) is 0 Å². The molecule has 0 unspecified atom stereocenters. The van der Waals surface area contributed by atoms with Gasteiger partial charge < -0.3 is 14.8 Å². The van der Waals surface area contributed by atoms with Crippen LogP contribution in [0.1, 0.15) is 49.4 Å². The first-order chi connectivity index (χ1) is 17.1. The van der Waals surface area contributed by atoms with Crippen molar-refractivity contribution in [3.05, 3.63) is 83.4 Å². The van der Waals surface area contributed by atoms with Crippen LogP contribution in [0.4, 0.5) is 5.69 Å². The molecule has 3 aromatic rings. The van der Waals surface area contributed by atoms with Gasteiger partial charge in [0.1, 0.15) is 6.54 Å². The van der Waals surface area contributed by atoms with Crippen LogP contribution >= 0.6 is 0 Å². The van der Waals surface area contributed by atoms with Crippen molar-refractivity contribution in [3.63, 3.8) is 0 Å². The maximum atomic E-state index is 13.6. The van der Waals surface area contributed by atoms with Crippen LogP contribution in [0.25, 0.3) is 0 Å². The molecule has 8 heteroatoms. The largest absolute Gasteiger partial charge is 0.493 e. The lowest BCUT2D eigenvalue weighted by Crippen LogP contribution is -2.41. The summed E-state index contributed by atoms with van der Waals surface area (Å²) in [6.45, 7) is 7.49. The molecule has 0 fully saturated rings. The van der Waals surface area contributed by atoms with Crippen molar-refractivity contribution in [2.75, 3.05) is 25.1 Å². The van der Waals surface area contributed by atoms with Gasteiger partial charge in [0.05, 0.1) is 30.8 Å². The van der Waals surface area contributed by atoms with Gasteiger partial charge in [-0.3, -0.25) is 9.10 Å². The highest BCUT2D eigenvalue weighted by molar-refractivity contribution is 7.92. The average molecular weight is 511 g/mol. The Kier molecular flexibility index (Phi) is 8.63. The lowest BCUT2D eigenvalue weighted by molar-refractivity contribution is -0.120. The van der Waals surface area contributed by atoms with Gasteiger partial charge in [0.15, 0.2) is 11.5 Å². The third kappa shape index (κ3) is 6.18. The predicted octanol–water partition coefficient (Wildman–Crippen LogP) is 5.21. The quantitative estimate of drug-likeness (QED) is 0.405. The minimum absolute atomic E-state index is 0.127. The summed E-state index contributed by atoms with van der Waals surface area (Å²) >= 11 is 0. The van der Waals surface area contributed by atoms with Crippen LogP contribution in [0, 0.1) is 6.92 Å². The number of carbonyl (C=O) groups is 1. The molecule has 0 saturated carbocycles. The number of ether oxygens (including phenoxy) is 2. The summed E-state index contributed by atoms with van der Waals surface area (Å²) in [5, 5.41) is 2.91. The molecule has 0 saturated heterocycles. The first-order valence-corrected chi connectivity index (χ1v) is 13.2. The van der Waals surface area contributed by atoms with Crippen LogP contribution in [0.15, 0.2) is 71.6 Å². The molecule has 0 aliphatic heterocycles. The van der Waals surface area contributed by atoms with Crippen LogP contribution in [-0.2, 0) is 14.8 Å². The molecule has 3 rings (SSSR count). The van der Waals surface area contributed by atoms with Gasteiger partial charge in [-0.1, -0.05) is 49.7 Å². The van der Waals surface area contributed by atoms with Crippen molar-refractivity contribution in [2.24, 2.45) is 0 Å². The van der Waals surface area contributed by atoms with Crippen molar-refractivity contribution in [1.82, 2.24) is 5.32 Å². The summed E-state index contributed by atoms with van der Waals surface area (Å²) in [5.74, 6) is 0.998. The summed E-state index contributed by atoms with van der Waals surface area (Å²) < 4.78 is 39.0. The van der Waals surface area contributed by atoms with E-state index in [1.807, 2.05) is 32.0 Å². The van der Waals surface area contributed by atoms with Crippen LogP contribution in [0.5, 0.6) is 11.5 Å². The zero-order valence-corrected chi connectivity index (χ0v) is 22.4. The summed E-state index contributed by atoms with van der Waals surface area (Å²) in [6.07, 6.45) is 0. The molecular formula is C28H34N2O5S. The SMILES string of the molecule is COc1ccc([C@H](C)NC(=O)CN(c2ccc(C(C)C)cc2)S(=O)(=O)c2ccc(C)cc2)cc1OC. The summed E-state index contributed by atoms with van der Waals surface area (Å²) in [4.78, 5) is 13.2. The van der Waals surface area contributed by atoms with Gasteiger partial charge in [-0.2, -0.15) is 0 Å². The van der Waals surface area contributed by atoms with Crippen LogP contribution in [-0.4, -0.2) is 35.1 Å². The predicted molar refractivity (Wildman–Crippen MR) is 142 cm³/mol. The topological polar surface area (TPSA) is 84.9 Å². The van der Waals surface area contributed by atoms with E-state index in [0.29, 0.717) is 23.1 Å². The van der Waals surface area contributed by atoms with Crippen LogP contribution < -0.4 is 19.1 Å². The minimum Gasteiger partial charge on any atom is -0.493 e. The number of nitrogens with zero attached hydrogens (tertiary/aromatic N) is 1. The molecule has 7 nitrogen and oxygen atoms in total. The van der Waals surface area contributed by atoms with Crippen LogP contribution in [0.3, 0.4) is 0 Å². The number of sulfonamides is 1. The summed E-state index contributed by atoms with van der Waals surface area (Å²) in [7, 11) is -0.883. The normalized spacial score (nSPS) is 12.2. The maximum Gasteiger partial charge on any atom is 0.264 e. The molecule has 0 heterocycles. The molecule has 36 heavy (non-hydrogen) atoms. The van der Waals surface area contributed by atoms with E-state index >= 15 is 0 Å². The van der Waals surface area contributed by atoms with Crippen molar-refractivity contribution in [2.45, 2.75) is 44.6 Å². The molecule has 192 valence electrons. The third-order valence-corrected chi connectivity index (χ3v) is 7.82. The number of rotatable bonds is 10. The Morgan fingerprint density at radius 1 is 0.861 bits per heavy atom. The van der Waals surface area contributed by atoms with Crippen molar-refractivity contribution in [3.8, 4) is 11.5 Å². The highest BCUT2D eigenvalue weighted by Gasteiger charge is 2.28. The number of aryl methyl sites for hydroxylation is 1. The number of hydrogen-bond donors (Lipinski definition) is 1. The monoisotopic (exact) mass is 510 g/mol. The molecule has 0 radical (unpaired) electrons. The molecule has 0 bridgehead atoms. The molecule has 1 amide bonds. The number of anilines is 1. The fraction of sp³-hybridized carbons (Fsp3) is 0.321. The Balaban J connectivity index is 1.89. The zero-order valence-electron chi connectivity index (χ0n) is 21.6. The standard InChI is InChI=1S/C28H34N2O5S/c1-19(2)22-9-12-24(13-10-22)30(36(32,33)25-14-7-20(3)8-15-25)18-28(31)29-21(4)23-11-16-26(34-5)27(17-23)35-6/h7-17,19,21H,18H2,1-6H3,(H,29,31)/t21-/m0/s1. The highest BCUT2D eigenvalue weighted by atomic mass is 32.2. The Bertz CT molecular complexity index is 1290. The second-order valence-corrected chi connectivity index (χ2v) is 10.8. The van der Waals surface area contributed by atoms with E-state index < -0.39 is 15.9 Å². The number of carbonyl (C=O) groups excluding carboxylic acids is 1. The van der Waals surface area contributed by atoms with Gasteiger partial charge in [-0.25, -0.2) is 8.42 Å². The van der Waals surface area contributed by atoms with E-state index in [2.05, 4.69) is 19.2 Å². The lowest BCUT2D eigenvalue weighted by atomic mass is 10.0. The number of nitrogens with one attached hydrogen (secondary N) is 1. The second kappa shape index (κ2) is 11.5. The van der Waals surface area contributed by atoms with Gasteiger partial charge in [0.25, 0.3) is 10.0 Å². The lowest BCUT2D eigenvalue weighted by Gasteiger charge is -2.25. The fourth-order valence-electron chi connectivity index (χ4n) is 3.80. The Hall–Kier alpha value is -3.52. The van der Waals surface area contributed by atoms with E-state index in [9.17, 15) is 13.2 Å². The second-order valence-electron chi connectivity index (χ2n) is 8.97. The fourth-order valence-corrected chi connectivity index (χ4v) is 5.22. The molecule has 0 aromatic heterocycles. The molecular weight excluding hydrogens is 476 g/mol. The first-order valence-electron chi connectivity index (χ1n) is 11.8. The summed E-state index contributed by atoms with van der Waals surface area (Å²) in [6, 6.07) is 18.9. The number of amides is 1. The van der Waals surface area contributed by atoms with Crippen molar-refractivity contribution >= 4 is 21.6 Å². The van der Waals surface area contributed by atoms with E-state index in [4.69, 9.17) is 9.47 Å². The first kappa shape index (κ1) is 27.1. The number of methoxy groups -OCH3 is 2. The molecule has 1 N–H and O–H groups in total. The van der Waals surface area contributed by atoms with E-state index in [0.717, 1.165) is 21.0 Å². The molecule has 0 spiro atoms. The Labute approximate surface area is 214 Å². The molecule has 0 aliphatic rings. The average Bonchev–Trinajstić information content (AvgIpc) is 2.87. The Morgan fingerprint density at radius 2 is 1.44 bits per heavy atom. The maximum absolute atomic E-state index is 13.6. The number of hydrogen-bond acceptors (Lipinski definition) is 5. The third-order valence-electron chi connectivity index (χ3n) is 6.03. The Morgan fingerprint density at radius 3 is 2.00 bits per heavy atom. The van der Waals surface area contributed by atoms with Crippen molar-refractivity contribution < 1.29 is 22.7 Å². The molecule has 3 aromatic carbocycles. The van der Waals surface area contributed by atoms with Crippen LogP contribution in [0.2, 0.25) is 0 Å². The highest BCUT2D eigenvalue weighted by Crippen LogP contribution is 2.30. The molecule has 1 atom stereocenters. The smallest absolute Gasteiger partial charge is 0.264 e. The van der Waals surface area contributed by atoms with Gasteiger partial charge in [-0.05, 0) is 67.3 Å². The van der Waals surface area contributed by atoms with Gasteiger partial charge in [0, 0.05) is 0 Å². The summed E-state index contributed by atoms with van der Waals surface area (Å²) in [5.41, 5.74) is 3.25. The van der Waals surface area contributed by atoms with Crippen molar-refractivity contribution in [1.29, 1.82) is 0 Å². The van der Waals surface area contributed by atoms with Gasteiger partial charge in [0.2, 0.25) is 5.91 Å². The van der Waals surface area contributed by atoms with Gasteiger partial charge >= 0.3 is 0 Å². The zero-order chi connectivity index (χ0) is 26.5. The van der Waals surface area contributed by atoms with Gasteiger partial charge in [-0.15, -0.1) is 0 Å². The molecule has 0 aliphatic carbocycles. The number of benzene rings is 3.